The molecule has 0 bridgehead atoms. The van der Waals surface area contributed by atoms with Crippen LogP contribution in [0.5, 0.6) is 5.75 Å². The van der Waals surface area contributed by atoms with Gasteiger partial charge >= 0.3 is 0 Å². The number of nitrogens with zero attached hydrogens (tertiary/aromatic N) is 2. The number of rotatable bonds is 5. The Kier molecular flexibility index (Phi) is 4.41. The molecule has 1 aromatic carbocycles. The lowest BCUT2D eigenvalue weighted by Crippen LogP contribution is -2.24. The van der Waals surface area contributed by atoms with Crippen molar-refractivity contribution in [3.8, 4) is 5.75 Å². The first-order valence-electron chi connectivity index (χ1n) is 7.86. The molecule has 124 valence electrons. The average Bonchev–Trinajstić information content (AvgIpc) is 3.04. The summed E-state index contributed by atoms with van der Waals surface area (Å²) in [5, 5.41) is 14.1. The quantitative estimate of drug-likeness (QED) is 0.875. The molecule has 0 fully saturated rings. The summed E-state index contributed by atoms with van der Waals surface area (Å²) in [5.41, 5.74) is 2.99. The van der Waals surface area contributed by atoms with Crippen LogP contribution < -0.4 is 4.72 Å². The molecule has 3 rings (SSSR count). The van der Waals surface area contributed by atoms with Crippen LogP contribution in [0.15, 0.2) is 29.4 Å². The van der Waals surface area contributed by atoms with Crippen LogP contribution in [0.4, 0.5) is 0 Å². The monoisotopic (exact) mass is 335 g/mol. The second-order valence-electron chi connectivity index (χ2n) is 5.76. The zero-order valence-electron chi connectivity index (χ0n) is 13.1. The first kappa shape index (κ1) is 16.0. The molecular formula is C16H21N3O3S. The van der Waals surface area contributed by atoms with Gasteiger partial charge in [0, 0.05) is 24.8 Å². The van der Waals surface area contributed by atoms with Crippen molar-refractivity contribution in [1.29, 1.82) is 0 Å². The van der Waals surface area contributed by atoms with E-state index >= 15 is 0 Å². The Morgan fingerprint density at radius 1 is 1.30 bits per heavy atom. The molecule has 1 aliphatic carbocycles. The molecule has 1 heterocycles. The fourth-order valence-electron chi connectivity index (χ4n) is 3.00. The minimum Gasteiger partial charge on any atom is -0.508 e. The third-order valence-corrected chi connectivity index (χ3v) is 5.66. The number of phenolic OH excluding ortho intramolecular Hbond substituents is 1. The summed E-state index contributed by atoms with van der Waals surface area (Å²) < 4.78 is 28.9. The van der Waals surface area contributed by atoms with Gasteiger partial charge < -0.3 is 5.11 Å². The number of aromatic hydroxyl groups is 1. The fourth-order valence-corrected chi connectivity index (χ4v) is 3.94. The Morgan fingerprint density at radius 2 is 2.09 bits per heavy atom. The molecule has 0 spiro atoms. The number of sulfonamides is 1. The molecule has 0 atom stereocenters. The van der Waals surface area contributed by atoms with E-state index in [9.17, 15) is 13.5 Å². The molecule has 0 saturated carbocycles. The van der Waals surface area contributed by atoms with Crippen molar-refractivity contribution in [2.24, 2.45) is 0 Å². The number of nitrogens with one attached hydrogen (secondary N) is 1. The highest BCUT2D eigenvalue weighted by molar-refractivity contribution is 7.89. The van der Waals surface area contributed by atoms with Crippen molar-refractivity contribution < 1.29 is 13.5 Å². The SMILES string of the molecule is CCn1cc(S(=O)(=O)NCc2c(O)ccc3c2CCCC3)cn1. The van der Waals surface area contributed by atoms with E-state index in [1.165, 1.54) is 18.0 Å². The molecule has 2 aromatic rings. The number of hydrogen-bond acceptors (Lipinski definition) is 4. The molecule has 2 N–H and O–H groups in total. The zero-order chi connectivity index (χ0) is 16.4. The summed E-state index contributed by atoms with van der Waals surface area (Å²) in [4.78, 5) is 0.142. The first-order chi connectivity index (χ1) is 11.0. The van der Waals surface area contributed by atoms with Gasteiger partial charge in [-0.1, -0.05) is 6.07 Å². The number of hydrogen-bond donors (Lipinski definition) is 2. The zero-order valence-corrected chi connectivity index (χ0v) is 13.9. The molecule has 0 unspecified atom stereocenters. The van der Waals surface area contributed by atoms with E-state index in [4.69, 9.17) is 0 Å². The van der Waals surface area contributed by atoms with Crippen LogP contribution in [0.3, 0.4) is 0 Å². The summed E-state index contributed by atoms with van der Waals surface area (Å²) in [6.07, 6.45) is 6.92. The highest BCUT2D eigenvalue weighted by Gasteiger charge is 2.20. The molecule has 7 heteroatoms. The number of aromatic nitrogens is 2. The Balaban J connectivity index is 1.83. The van der Waals surface area contributed by atoms with Gasteiger partial charge in [0.25, 0.3) is 0 Å². The second kappa shape index (κ2) is 6.33. The van der Waals surface area contributed by atoms with Crippen LogP contribution in [-0.4, -0.2) is 23.3 Å². The van der Waals surface area contributed by atoms with Crippen LogP contribution in [0.1, 0.15) is 36.5 Å². The van der Waals surface area contributed by atoms with Gasteiger partial charge in [0.1, 0.15) is 10.6 Å². The van der Waals surface area contributed by atoms with Gasteiger partial charge in [0.2, 0.25) is 10.0 Å². The predicted octanol–water partition coefficient (Wildman–Crippen LogP) is 1.97. The maximum atomic E-state index is 12.4. The minimum atomic E-state index is -3.64. The van der Waals surface area contributed by atoms with E-state index < -0.39 is 10.0 Å². The summed E-state index contributed by atoms with van der Waals surface area (Å²) >= 11 is 0. The molecular weight excluding hydrogens is 314 g/mol. The molecule has 1 aromatic heterocycles. The molecule has 0 saturated heterocycles. The normalized spacial score (nSPS) is 14.7. The van der Waals surface area contributed by atoms with Crippen LogP contribution in [-0.2, 0) is 36.0 Å². The largest absolute Gasteiger partial charge is 0.508 e. The van der Waals surface area contributed by atoms with Gasteiger partial charge in [-0.05, 0) is 49.8 Å². The summed E-state index contributed by atoms with van der Waals surface area (Å²) in [6, 6.07) is 3.59. The molecule has 0 amide bonds. The van der Waals surface area contributed by atoms with Gasteiger partial charge in [-0.2, -0.15) is 5.10 Å². The van der Waals surface area contributed by atoms with E-state index in [2.05, 4.69) is 9.82 Å². The third-order valence-electron chi connectivity index (χ3n) is 4.31. The van der Waals surface area contributed by atoms with Gasteiger partial charge in [-0.15, -0.1) is 0 Å². The van der Waals surface area contributed by atoms with E-state index in [1.54, 1.807) is 10.7 Å². The highest BCUT2D eigenvalue weighted by Crippen LogP contribution is 2.30. The van der Waals surface area contributed by atoms with E-state index in [0.717, 1.165) is 31.2 Å². The summed E-state index contributed by atoms with van der Waals surface area (Å²) in [5.74, 6) is 0.151. The van der Waals surface area contributed by atoms with Crippen LogP contribution in [0.2, 0.25) is 0 Å². The van der Waals surface area contributed by atoms with Gasteiger partial charge in [0.05, 0.1) is 6.20 Å². The Bertz CT molecular complexity index is 812. The van der Waals surface area contributed by atoms with E-state index in [0.29, 0.717) is 12.1 Å². The lowest BCUT2D eigenvalue weighted by molar-refractivity contribution is 0.464. The lowest BCUT2D eigenvalue weighted by atomic mass is 9.88. The Labute approximate surface area is 136 Å². The maximum absolute atomic E-state index is 12.4. The highest BCUT2D eigenvalue weighted by atomic mass is 32.2. The van der Waals surface area contributed by atoms with E-state index in [1.807, 2.05) is 13.0 Å². The van der Waals surface area contributed by atoms with Crippen molar-refractivity contribution in [2.45, 2.75) is 50.6 Å². The molecule has 0 radical (unpaired) electrons. The predicted molar refractivity (Wildman–Crippen MR) is 86.7 cm³/mol. The molecule has 1 aliphatic rings. The molecule has 6 nitrogen and oxygen atoms in total. The van der Waals surface area contributed by atoms with Crippen molar-refractivity contribution in [1.82, 2.24) is 14.5 Å². The van der Waals surface area contributed by atoms with Crippen molar-refractivity contribution in [2.75, 3.05) is 0 Å². The maximum Gasteiger partial charge on any atom is 0.243 e. The summed E-state index contributed by atoms with van der Waals surface area (Å²) in [7, 11) is -3.64. The molecule has 0 aliphatic heterocycles. The van der Waals surface area contributed by atoms with Crippen LogP contribution in [0.25, 0.3) is 0 Å². The Hall–Kier alpha value is -1.86. The van der Waals surface area contributed by atoms with Crippen molar-refractivity contribution >= 4 is 10.0 Å². The Morgan fingerprint density at radius 3 is 2.83 bits per heavy atom. The fraction of sp³-hybridized carbons (Fsp3) is 0.438. The van der Waals surface area contributed by atoms with Gasteiger partial charge in [-0.25, -0.2) is 13.1 Å². The van der Waals surface area contributed by atoms with Crippen LogP contribution >= 0.6 is 0 Å². The smallest absolute Gasteiger partial charge is 0.243 e. The van der Waals surface area contributed by atoms with Crippen LogP contribution in [0, 0.1) is 0 Å². The number of benzene rings is 1. The standard InChI is InChI=1S/C16H21N3O3S/c1-2-19-11-13(9-17-19)23(21,22)18-10-15-14-6-4-3-5-12(14)7-8-16(15)20/h7-9,11,18,20H,2-6,10H2,1H3. The average molecular weight is 335 g/mol. The van der Waals surface area contributed by atoms with Crippen molar-refractivity contribution in [3.05, 3.63) is 41.2 Å². The van der Waals surface area contributed by atoms with Crippen molar-refractivity contribution in [3.63, 3.8) is 0 Å². The number of aryl methyl sites for hydroxylation is 2. The second-order valence-corrected chi connectivity index (χ2v) is 7.53. The number of phenols is 1. The first-order valence-corrected chi connectivity index (χ1v) is 9.34. The minimum absolute atomic E-state index is 0.0919. The summed E-state index contributed by atoms with van der Waals surface area (Å²) in [6.45, 7) is 2.60. The van der Waals surface area contributed by atoms with Gasteiger partial charge in [0.15, 0.2) is 0 Å². The topological polar surface area (TPSA) is 84.2 Å². The lowest BCUT2D eigenvalue weighted by Gasteiger charge is -2.20. The number of fused-ring (bicyclic) bond motifs is 1. The van der Waals surface area contributed by atoms with E-state index in [-0.39, 0.29) is 17.2 Å². The van der Waals surface area contributed by atoms with Gasteiger partial charge in [-0.3, -0.25) is 4.68 Å². The third kappa shape index (κ3) is 3.25. The molecule has 23 heavy (non-hydrogen) atoms.